The summed E-state index contributed by atoms with van der Waals surface area (Å²) in [6.07, 6.45) is 3.10. The summed E-state index contributed by atoms with van der Waals surface area (Å²) in [5.41, 5.74) is 0. The van der Waals surface area contributed by atoms with E-state index in [-0.39, 0.29) is 11.2 Å². The van der Waals surface area contributed by atoms with Crippen LogP contribution in [0.1, 0.15) is 27.2 Å². The van der Waals surface area contributed by atoms with Crippen molar-refractivity contribution >= 4 is 17.7 Å². The van der Waals surface area contributed by atoms with Crippen LogP contribution in [0.2, 0.25) is 0 Å². The number of carbonyl (C=O) groups excluding carboxylic acids is 1. The van der Waals surface area contributed by atoms with Gasteiger partial charge in [0.15, 0.2) is 0 Å². The Morgan fingerprint density at radius 3 is 2.53 bits per heavy atom. The number of hydrogen-bond acceptors (Lipinski definition) is 3. The highest BCUT2D eigenvalue weighted by molar-refractivity contribution is 7.99. The van der Waals surface area contributed by atoms with Gasteiger partial charge in [0, 0.05) is 19.1 Å². The molecule has 0 aromatic rings. The van der Waals surface area contributed by atoms with Gasteiger partial charge < -0.3 is 10.2 Å². The molecule has 3 nitrogen and oxygen atoms in total. The van der Waals surface area contributed by atoms with Gasteiger partial charge in [0.25, 0.3) is 0 Å². The molecule has 0 spiro atoms. The van der Waals surface area contributed by atoms with Gasteiger partial charge in [0.1, 0.15) is 0 Å². The Bertz CT molecular complexity index is 187. The highest BCUT2D eigenvalue weighted by atomic mass is 32.2. The van der Waals surface area contributed by atoms with Gasteiger partial charge in [-0.05, 0) is 33.6 Å². The fourth-order valence-electron chi connectivity index (χ4n) is 1.14. The highest BCUT2D eigenvalue weighted by Crippen LogP contribution is 2.04. The Balaban J connectivity index is 3.65. The monoisotopic (exact) mass is 232 g/mol. The van der Waals surface area contributed by atoms with Crippen molar-refractivity contribution in [3.63, 3.8) is 0 Å². The van der Waals surface area contributed by atoms with Gasteiger partial charge in [-0.15, -0.1) is 0 Å². The third-order valence-electron chi connectivity index (χ3n) is 2.83. The minimum absolute atomic E-state index is 0.0545. The second-order valence-corrected chi connectivity index (χ2v) is 5.09. The first kappa shape index (κ1) is 14.8. The van der Waals surface area contributed by atoms with Gasteiger partial charge in [-0.1, -0.05) is 6.92 Å². The molecule has 0 rings (SSSR count). The Morgan fingerprint density at radius 2 is 2.07 bits per heavy atom. The number of nitrogens with zero attached hydrogens (tertiary/aromatic N) is 1. The van der Waals surface area contributed by atoms with Crippen LogP contribution < -0.4 is 5.32 Å². The molecule has 0 heterocycles. The van der Waals surface area contributed by atoms with Crippen LogP contribution in [-0.2, 0) is 4.79 Å². The van der Waals surface area contributed by atoms with Crippen LogP contribution in [0.4, 0.5) is 0 Å². The van der Waals surface area contributed by atoms with Gasteiger partial charge >= 0.3 is 0 Å². The molecule has 0 aromatic carbocycles. The van der Waals surface area contributed by atoms with Gasteiger partial charge in [-0.25, -0.2) is 0 Å². The van der Waals surface area contributed by atoms with Gasteiger partial charge in [-0.2, -0.15) is 11.8 Å². The van der Waals surface area contributed by atoms with Gasteiger partial charge in [0.05, 0.1) is 5.25 Å². The predicted octanol–water partition coefficient (Wildman–Crippen LogP) is 1.58. The molecule has 0 aromatic heterocycles. The molecule has 1 N–H and O–H groups in total. The predicted molar refractivity (Wildman–Crippen MR) is 68.4 cm³/mol. The minimum atomic E-state index is 0.0545. The standard InChI is InChI=1S/C11H24N2OS/c1-6-9(2)13(4)8-7-12-11(14)10(3)15-5/h9-10H,6-8H2,1-5H3,(H,12,14). The van der Waals surface area contributed by atoms with Crippen molar-refractivity contribution in [2.24, 2.45) is 0 Å². The molecule has 1 amide bonds. The summed E-state index contributed by atoms with van der Waals surface area (Å²) in [6.45, 7) is 7.96. The average molecular weight is 232 g/mol. The Morgan fingerprint density at radius 1 is 1.47 bits per heavy atom. The second kappa shape index (κ2) is 7.99. The molecule has 15 heavy (non-hydrogen) atoms. The smallest absolute Gasteiger partial charge is 0.232 e. The van der Waals surface area contributed by atoms with E-state index in [1.165, 1.54) is 0 Å². The number of carbonyl (C=O) groups is 1. The van der Waals surface area contributed by atoms with Crippen molar-refractivity contribution in [3.8, 4) is 0 Å². The van der Waals surface area contributed by atoms with E-state index in [0.717, 1.165) is 19.5 Å². The number of rotatable bonds is 7. The number of amides is 1. The summed E-state index contributed by atoms with van der Waals surface area (Å²) in [7, 11) is 2.10. The first-order valence-electron chi connectivity index (χ1n) is 5.53. The maximum absolute atomic E-state index is 11.4. The van der Waals surface area contributed by atoms with E-state index in [1.54, 1.807) is 11.8 Å². The molecular weight excluding hydrogens is 208 g/mol. The quantitative estimate of drug-likeness (QED) is 0.723. The lowest BCUT2D eigenvalue weighted by atomic mass is 10.2. The molecule has 0 bridgehead atoms. The van der Waals surface area contributed by atoms with Crippen LogP contribution in [-0.4, -0.2) is 48.5 Å². The summed E-state index contributed by atoms with van der Waals surface area (Å²) in [6, 6.07) is 0.583. The lowest BCUT2D eigenvalue weighted by molar-refractivity contribution is -0.120. The average Bonchev–Trinajstić information content (AvgIpc) is 2.26. The van der Waals surface area contributed by atoms with Gasteiger partial charge in [-0.3, -0.25) is 4.79 Å². The summed E-state index contributed by atoms with van der Waals surface area (Å²) in [4.78, 5) is 13.7. The minimum Gasteiger partial charge on any atom is -0.354 e. The largest absolute Gasteiger partial charge is 0.354 e. The number of likely N-dealkylation sites (N-methyl/N-ethyl adjacent to an activating group) is 1. The van der Waals surface area contributed by atoms with E-state index in [1.807, 2.05) is 13.2 Å². The molecule has 0 aliphatic heterocycles. The second-order valence-electron chi connectivity index (χ2n) is 3.91. The van der Waals surface area contributed by atoms with E-state index < -0.39 is 0 Å². The molecule has 0 saturated heterocycles. The summed E-state index contributed by atoms with van der Waals surface area (Å²) >= 11 is 1.58. The van der Waals surface area contributed by atoms with Crippen molar-refractivity contribution in [1.29, 1.82) is 0 Å². The zero-order valence-corrected chi connectivity index (χ0v) is 11.4. The van der Waals surface area contributed by atoms with Crippen LogP contribution in [0.5, 0.6) is 0 Å². The van der Waals surface area contributed by atoms with E-state index >= 15 is 0 Å². The number of hydrogen-bond donors (Lipinski definition) is 1. The fraction of sp³-hybridized carbons (Fsp3) is 0.909. The van der Waals surface area contributed by atoms with E-state index in [9.17, 15) is 4.79 Å². The molecule has 0 fully saturated rings. The van der Waals surface area contributed by atoms with Crippen molar-refractivity contribution in [2.75, 3.05) is 26.4 Å². The maximum Gasteiger partial charge on any atom is 0.232 e. The topological polar surface area (TPSA) is 32.3 Å². The van der Waals surface area contributed by atoms with Crippen molar-refractivity contribution in [3.05, 3.63) is 0 Å². The Kier molecular flexibility index (Phi) is 7.88. The molecule has 2 unspecified atom stereocenters. The third kappa shape index (κ3) is 6.05. The highest BCUT2D eigenvalue weighted by Gasteiger charge is 2.11. The van der Waals surface area contributed by atoms with Crippen LogP contribution in [0, 0.1) is 0 Å². The summed E-state index contributed by atoms with van der Waals surface area (Å²) < 4.78 is 0. The van der Waals surface area contributed by atoms with Crippen LogP contribution >= 0.6 is 11.8 Å². The van der Waals surface area contributed by atoms with E-state index in [0.29, 0.717) is 6.04 Å². The molecule has 2 atom stereocenters. The van der Waals surface area contributed by atoms with E-state index in [4.69, 9.17) is 0 Å². The normalized spacial score (nSPS) is 15.1. The Hall–Kier alpha value is -0.220. The lowest BCUT2D eigenvalue weighted by Gasteiger charge is -2.23. The summed E-state index contributed by atoms with van der Waals surface area (Å²) in [5.74, 6) is 0.139. The molecule has 90 valence electrons. The molecular formula is C11H24N2OS. The molecule has 0 saturated carbocycles. The van der Waals surface area contributed by atoms with Crippen LogP contribution in [0.15, 0.2) is 0 Å². The first-order valence-corrected chi connectivity index (χ1v) is 6.82. The Labute approximate surface area is 98.0 Å². The first-order chi connectivity index (χ1) is 7.02. The SMILES string of the molecule is CCC(C)N(C)CCNC(=O)C(C)SC. The zero-order chi connectivity index (χ0) is 11.8. The molecule has 0 aliphatic carbocycles. The molecule has 4 heteroatoms. The van der Waals surface area contributed by atoms with Crippen molar-refractivity contribution < 1.29 is 4.79 Å². The molecule has 0 aliphatic rings. The number of nitrogens with one attached hydrogen (secondary N) is 1. The van der Waals surface area contributed by atoms with Crippen molar-refractivity contribution in [1.82, 2.24) is 10.2 Å². The maximum atomic E-state index is 11.4. The third-order valence-corrected chi connectivity index (χ3v) is 3.75. The van der Waals surface area contributed by atoms with Crippen molar-refractivity contribution in [2.45, 2.75) is 38.5 Å². The van der Waals surface area contributed by atoms with Crippen LogP contribution in [0.25, 0.3) is 0 Å². The zero-order valence-electron chi connectivity index (χ0n) is 10.5. The summed E-state index contributed by atoms with van der Waals surface area (Å²) in [5, 5.41) is 3.00. The van der Waals surface area contributed by atoms with Crippen LogP contribution in [0.3, 0.4) is 0 Å². The fourth-order valence-corrected chi connectivity index (χ4v) is 1.44. The van der Waals surface area contributed by atoms with Gasteiger partial charge in [0.2, 0.25) is 5.91 Å². The number of thioether (sulfide) groups is 1. The lowest BCUT2D eigenvalue weighted by Crippen LogP contribution is -2.39. The van der Waals surface area contributed by atoms with E-state index in [2.05, 4.69) is 31.1 Å². The molecule has 0 radical (unpaired) electrons.